The van der Waals surface area contributed by atoms with Gasteiger partial charge in [-0.1, -0.05) is 92.6 Å². The molecular formula is C40H44O5. The van der Waals surface area contributed by atoms with Gasteiger partial charge in [0.15, 0.2) is 5.79 Å². The normalized spacial score (nSPS) is 36.5. The number of benzene rings is 3. The molecule has 8 rings (SSSR count). The van der Waals surface area contributed by atoms with Crippen LogP contribution in [0.1, 0.15) is 79.2 Å². The fourth-order valence-corrected chi connectivity index (χ4v) is 11.1. The zero-order valence-corrected chi connectivity index (χ0v) is 26.4. The van der Waals surface area contributed by atoms with Crippen LogP contribution in [-0.4, -0.2) is 46.7 Å². The monoisotopic (exact) mass is 604 g/mol. The number of carbonyl (C=O) groups is 1. The fraction of sp³-hybridized carbons (Fsp3) is 0.475. The van der Waals surface area contributed by atoms with Crippen molar-refractivity contribution in [3.63, 3.8) is 0 Å². The highest BCUT2D eigenvalue weighted by Gasteiger charge is 2.80. The van der Waals surface area contributed by atoms with E-state index in [0.717, 1.165) is 53.2 Å². The van der Waals surface area contributed by atoms with Crippen LogP contribution in [0.3, 0.4) is 0 Å². The first-order chi connectivity index (χ1) is 21.6. The summed E-state index contributed by atoms with van der Waals surface area (Å²) in [6.07, 6.45) is 9.43. The molecule has 5 nitrogen and oxygen atoms in total. The Morgan fingerprint density at radius 3 is 2.53 bits per heavy atom. The molecular weight excluding hydrogens is 560 g/mol. The van der Waals surface area contributed by atoms with E-state index < -0.39 is 28.6 Å². The van der Waals surface area contributed by atoms with Crippen LogP contribution in [0.15, 0.2) is 72.8 Å². The smallest absolute Gasteiger partial charge is 0.185 e. The Hall–Kier alpha value is -3.09. The van der Waals surface area contributed by atoms with Gasteiger partial charge < -0.3 is 20.1 Å². The molecule has 3 saturated carbocycles. The number of rotatable bonds is 2. The van der Waals surface area contributed by atoms with Gasteiger partial charge in [-0.15, -0.1) is 0 Å². The maximum atomic E-state index is 14.8. The average Bonchev–Trinajstić information content (AvgIpc) is 3.67. The van der Waals surface area contributed by atoms with Crippen molar-refractivity contribution >= 4 is 22.6 Å². The molecule has 234 valence electrons. The van der Waals surface area contributed by atoms with Crippen LogP contribution >= 0.6 is 0 Å². The Kier molecular flexibility index (Phi) is 6.49. The van der Waals surface area contributed by atoms with Crippen molar-refractivity contribution in [3.05, 3.63) is 101 Å². The molecule has 5 aliphatic rings. The standard InChI is InChI=1S/C40H44O5/c1-24-35-30(23-41)22-39(40(35,44)45-3)34(43)14-10-25-7-6-8-31(18-25)38(15-4-5-16-38)36-32-20-29-17-26(21-37(24,39)2)9-11-27(29)19-28(32)12-13-33(36)42/h6-9,11-13,17-20,30,33,35-36,41-42,44H,1,4-5,10,14-16,21-23H2,2-3H3/t30-,33+,35+,36-,37-,39+,40+/m1/s1. The number of hydrogen-bond donors (Lipinski definition) is 3. The summed E-state index contributed by atoms with van der Waals surface area (Å²) in [6.45, 7) is 6.47. The molecule has 3 aromatic rings. The van der Waals surface area contributed by atoms with Crippen molar-refractivity contribution in [2.75, 3.05) is 13.7 Å². The fourth-order valence-electron chi connectivity index (χ4n) is 11.1. The van der Waals surface area contributed by atoms with E-state index in [2.05, 4.69) is 74.2 Å². The summed E-state index contributed by atoms with van der Waals surface area (Å²) in [4.78, 5) is 14.8. The number of aliphatic hydroxyl groups is 3. The maximum Gasteiger partial charge on any atom is 0.185 e. The highest BCUT2D eigenvalue weighted by molar-refractivity contribution is 5.90. The summed E-state index contributed by atoms with van der Waals surface area (Å²) >= 11 is 0. The van der Waals surface area contributed by atoms with Gasteiger partial charge in [0.2, 0.25) is 0 Å². The van der Waals surface area contributed by atoms with Crippen molar-refractivity contribution < 1.29 is 24.9 Å². The van der Waals surface area contributed by atoms with E-state index in [1.54, 1.807) is 0 Å². The van der Waals surface area contributed by atoms with Crippen LogP contribution in [0.5, 0.6) is 0 Å². The third-order valence-corrected chi connectivity index (χ3v) is 13.2. The number of Topliss-reactive ketones (excluding diaryl/α,β-unsaturated/α-hetero) is 1. The van der Waals surface area contributed by atoms with Gasteiger partial charge in [0.25, 0.3) is 0 Å². The summed E-state index contributed by atoms with van der Waals surface area (Å²) in [5.41, 5.74) is 4.34. The van der Waals surface area contributed by atoms with Crippen molar-refractivity contribution in [2.45, 2.75) is 81.5 Å². The van der Waals surface area contributed by atoms with Gasteiger partial charge in [-0.25, -0.2) is 0 Å². The largest absolute Gasteiger partial charge is 0.396 e. The van der Waals surface area contributed by atoms with E-state index in [1.165, 1.54) is 23.8 Å². The van der Waals surface area contributed by atoms with E-state index in [0.29, 0.717) is 19.3 Å². The molecule has 0 aliphatic heterocycles. The molecule has 5 heteroatoms. The predicted octanol–water partition coefficient (Wildman–Crippen LogP) is 6.41. The number of hydrogen-bond acceptors (Lipinski definition) is 5. The van der Waals surface area contributed by atoms with Gasteiger partial charge in [0.1, 0.15) is 5.78 Å². The minimum absolute atomic E-state index is 0.0254. The molecule has 45 heavy (non-hydrogen) atoms. The third-order valence-electron chi connectivity index (χ3n) is 13.2. The summed E-state index contributed by atoms with van der Waals surface area (Å²) in [5.74, 6) is -2.65. The summed E-state index contributed by atoms with van der Waals surface area (Å²) in [5, 5.41) is 36.7. The average molecular weight is 605 g/mol. The minimum Gasteiger partial charge on any atom is -0.396 e. The van der Waals surface area contributed by atoms with Gasteiger partial charge in [0.05, 0.1) is 11.5 Å². The quantitative estimate of drug-likeness (QED) is 0.233. The summed E-state index contributed by atoms with van der Waals surface area (Å²) in [7, 11) is 1.49. The lowest BCUT2D eigenvalue weighted by Gasteiger charge is -2.48. The Morgan fingerprint density at radius 2 is 1.78 bits per heavy atom. The van der Waals surface area contributed by atoms with Crippen LogP contribution < -0.4 is 0 Å². The highest BCUT2D eigenvalue weighted by Crippen LogP contribution is 2.74. The van der Waals surface area contributed by atoms with Gasteiger partial charge in [-0.3, -0.25) is 4.79 Å². The first-order valence-corrected chi connectivity index (χ1v) is 16.8. The number of ether oxygens (including phenoxy) is 1. The summed E-state index contributed by atoms with van der Waals surface area (Å²) in [6, 6.07) is 19.8. The second-order valence-corrected chi connectivity index (χ2v) is 14.9. The SMILES string of the molecule is C=C1[C@H]2[C@@H](CO)C[C@@]3(C(=O)CCc4cccc(c4)C4(CCCC4)[C@@H]4c5cc6cc(ccc6cc5C=C[C@@H]4O)C[C@]13C)[C@@]2(O)OC. The van der Waals surface area contributed by atoms with Gasteiger partial charge in [-0.05, 0) is 82.7 Å². The van der Waals surface area contributed by atoms with E-state index >= 15 is 0 Å². The molecule has 3 aromatic carbocycles. The van der Waals surface area contributed by atoms with Crippen LogP contribution in [-0.2, 0) is 27.8 Å². The number of carbonyl (C=O) groups excluding carboxylic acids is 1. The predicted molar refractivity (Wildman–Crippen MR) is 176 cm³/mol. The molecule has 2 spiro atoms. The molecule has 3 fully saturated rings. The molecule has 7 atom stereocenters. The lowest BCUT2D eigenvalue weighted by Crippen LogP contribution is -2.56. The van der Waals surface area contributed by atoms with Crippen molar-refractivity contribution in [1.29, 1.82) is 0 Å². The number of methoxy groups -OCH3 is 1. The minimum atomic E-state index is -1.74. The number of fused-ring (bicyclic) bond motifs is 6. The molecule has 0 aromatic heterocycles. The molecule has 0 unspecified atom stereocenters. The molecule has 5 aliphatic carbocycles. The van der Waals surface area contributed by atoms with E-state index in [9.17, 15) is 20.1 Å². The van der Waals surface area contributed by atoms with Gasteiger partial charge in [-0.2, -0.15) is 0 Å². The van der Waals surface area contributed by atoms with Crippen LogP contribution in [0, 0.1) is 22.7 Å². The number of aryl methyl sites for hydroxylation is 1. The first-order valence-electron chi connectivity index (χ1n) is 16.8. The highest BCUT2D eigenvalue weighted by atomic mass is 16.6. The molecule has 0 saturated heterocycles. The Morgan fingerprint density at radius 1 is 0.978 bits per heavy atom. The van der Waals surface area contributed by atoms with E-state index in [-0.39, 0.29) is 36.1 Å². The van der Waals surface area contributed by atoms with Crippen molar-refractivity contribution in [2.24, 2.45) is 22.7 Å². The Balaban J connectivity index is 1.37. The number of ketones is 1. The zero-order chi connectivity index (χ0) is 31.4. The molecule has 7 bridgehead atoms. The van der Waals surface area contributed by atoms with Gasteiger partial charge in [0, 0.05) is 42.8 Å². The number of aliphatic hydroxyl groups excluding tert-OH is 2. The Labute approximate surface area is 265 Å². The molecule has 0 radical (unpaired) electrons. The van der Waals surface area contributed by atoms with Crippen LogP contribution in [0.4, 0.5) is 0 Å². The van der Waals surface area contributed by atoms with Gasteiger partial charge >= 0.3 is 0 Å². The third kappa shape index (κ3) is 3.67. The van der Waals surface area contributed by atoms with E-state index in [4.69, 9.17) is 4.74 Å². The lowest BCUT2D eigenvalue weighted by molar-refractivity contribution is -0.254. The first kappa shape index (κ1) is 29.3. The topological polar surface area (TPSA) is 87.0 Å². The molecule has 0 heterocycles. The lowest BCUT2D eigenvalue weighted by atomic mass is 9.55. The van der Waals surface area contributed by atoms with Crippen molar-refractivity contribution in [3.8, 4) is 0 Å². The molecule has 0 amide bonds. The van der Waals surface area contributed by atoms with Crippen LogP contribution in [0.2, 0.25) is 0 Å². The maximum absolute atomic E-state index is 14.8. The van der Waals surface area contributed by atoms with Crippen LogP contribution in [0.25, 0.3) is 16.8 Å². The Bertz CT molecular complexity index is 1770. The second kappa shape index (κ2) is 9.95. The second-order valence-electron chi connectivity index (χ2n) is 14.9. The van der Waals surface area contributed by atoms with Crippen molar-refractivity contribution in [1.82, 2.24) is 0 Å². The zero-order valence-electron chi connectivity index (χ0n) is 26.4. The molecule has 3 N–H and O–H groups in total. The van der Waals surface area contributed by atoms with E-state index in [1.807, 2.05) is 6.08 Å². The summed E-state index contributed by atoms with van der Waals surface area (Å²) < 4.78 is 5.96.